The third-order valence-electron chi connectivity index (χ3n) is 7.98. The molecule has 1 saturated carbocycles. The smallest absolute Gasteiger partial charge is 0.0699 e. The number of aromatic nitrogens is 1. The number of aliphatic imine (C=N–C) groups is 1. The van der Waals surface area contributed by atoms with Crippen molar-refractivity contribution < 1.29 is 0 Å². The summed E-state index contributed by atoms with van der Waals surface area (Å²) in [6.45, 7) is 6.47. The van der Waals surface area contributed by atoms with Crippen LogP contribution in [0.1, 0.15) is 41.6 Å². The fourth-order valence-electron chi connectivity index (χ4n) is 6.05. The normalized spacial score (nSPS) is 26.1. The zero-order valence-electron chi connectivity index (χ0n) is 19.8. The highest BCUT2D eigenvalue weighted by Gasteiger charge is 2.46. The van der Waals surface area contributed by atoms with E-state index in [4.69, 9.17) is 4.99 Å². The van der Waals surface area contributed by atoms with Crippen LogP contribution in [0.3, 0.4) is 0 Å². The molecule has 1 N–H and O–H groups in total. The van der Waals surface area contributed by atoms with Crippen molar-refractivity contribution >= 4 is 22.5 Å². The first kappa shape index (κ1) is 20.4. The third-order valence-corrected chi connectivity index (χ3v) is 7.98. The van der Waals surface area contributed by atoms with Crippen LogP contribution in [-0.2, 0) is 0 Å². The fraction of sp³-hybridized carbons (Fsp3) is 0.188. The van der Waals surface area contributed by atoms with Crippen molar-refractivity contribution in [3.05, 3.63) is 132 Å². The average molecular weight is 454 g/mol. The standard InChI is InChI=1S/C32H27N3/c1-19-25-17-28(25)29(18-34-19)27-16-23(30-8-5-6-14-33-30)15-26(27)21-10-12-22(13-11-21)32-20(2)35-31-9-4-3-7-24(31)32/h3-16,18,25,27-28,32,35H,2,17H2,1H3. The first-order chi connectivity index (χ1) is 17.2. The largest absolute Gasteiger partial charge is 0.358 e. The van der Waals surface area contributed by atoms with Crippen LogP contribution in [0.4, 0.5) is 5.69 Å². The van der Waals surface area contributed by atoms with Crippen molar-refractivity contribution in [3.63, 3.8) is 0 Å². The van der Waals surface area contributed by atoms with Gasteiger partial charge in [0.05, 0.1) is 11.6 Å². The van der Waals surface area contributed by atoms with Crippen molar-refractivity contribution in [3.8, 4) is 0 Å². The second kappa shape index (κ2) is 7.78. The van der Waals surface area contributed by atoms with E-state index in [-0.39, 0.29) is 11.8 Å². The van der Waals surface area contributed by atoms with Gasteiger partial charge in [0.15, 0.2) is 0 Å². The predicted octanol–water partition coefficient (Wildman–Crippen LogP) is 7.24. The molecule has 3 nitrogen and oxygen atoms in total. The van der Waals surface area contributed by atoms with Crippen LogP contribution in [0, 0.1) is 17.8 Å². The van der Waals surface area contributed by atoms with E-state index < -0.39 is 0 Å². The maximum absolute atomic E-state index is 4.77. The van der Waals surface area contributed by atoms with Gasteiger partial charge >= 0.3 is 0 Å². The molecular weight excluding hydrogens is 426 g/mol. The summed E-state index contributed by atoms with van der Waals surface area (Å²) in [7, 11) is 0. The molecule has 0 amide bonds. The topological polar surface area (TPSA) is 37.3 Å². The quantitative estimate of drug-likeness (QED) is 0.452. The van der Waals surface area contributed by atoms with E-state index in [9.17, 15) is 0 Å². The Hall–Kier alpha value is -3.98. The molecule has 0 spiro atoms. The zero-order valence-corrected chi connectivity index (χ0v) is 19.8. The van der Waals surface area contributed by atoms with Gasteiger partial charge in [-0.15, -0.1) is 0 Å². The maximum atomic E-state index is 4.77. The second-order valence-electron chi connectivity index (χ2n) is 10.1. The van der Waals surface area contributed by atoms with Gasteiger partial charge in [-0.25, -0.2) is 0 Å². The first-order valence-corrected chi connectivity index (χ1v) is 12.4. The van der Waals surface area contributed by atoms with Gasteiger partial charge in [0.1, 0.15) is 0 Å². The lowest BCUT2D eigenvalue weighted by atomic mass is 9.84. The van der Waals surface area contributed by atoms with Gasteiger partial charge in [-0.3, -0.25) is 9.98 Å². The van der Waals surface area contributed by atoms with Gasteiger partial charge in [-0.2, -0.15) is 0 Å². The molecule has 7 rings (SSSR count). The Morgan fingerprint density at radius 3 is 2.60 bits per heavy atom. The number of fused-ring (bicyclic) bond motifs is 2. The fourth-order valence-corrected chi connectivity index (χ4v) is 6.05. The van der Waals surface area contributed by atoms with Crippen LogP contribution in [0.2, 0.25) is 0 Å². The Morgan fingerprint density at radius 1 is 0.943 bits per heavy atom. The lowest BCUT2D eigenvalue weighted by Gasteiger charge is -2.21. The van der Waals surface area contributed by atoms with Crippen LogP contribution in [0.15, 0.2) is 114 Å². The van der Waals surface area contributed by atoms with Crippen molar-refractivity contribution in [2.45, 2.75) is 19.3 Å². The molecule has 1 fully saturated rings. The number of nitrogens with one attached hydrogen (secondary N) is 1. The molecule has 4 unspecified atom stereocenters. The summed E-state index contributed by atoms with van der Waals surface area (Å²) >= 11 is 0. The summed E-state index contributed by atoms with van der Waals surface area (Å²) in [4.78, 5) is 9.40. The van der Waals surface area contributed by atoms with Crippen molar-refractivity contribution in [2.75, 3.05) is 5.32 Å². The van der Waals surface area contributed by atoms with Crippen molar-refractivity contribution in [1.29, 1.82) is 0 Å². The Morgan fingerprint density at radius 2 is 1.77 bits per heavy atom. The Labute approximate surface area is 206 Å². The average Bonchev–Trinajstić information content (AvgIpc) is 3.47. The number of para-hydroxylation sites is 1. The highest BCUT2D eigenvalue weighted by atomic mass is 14.9. The van der Waals surface area contributed by atoms with Crippen LogP contribution < -0.4 is 5.32 Å². The zero-order chi connectivity index (χ0) is 23.5. The molecule has 2 aromatic carbocycles. The van der Waals surface area contributed by atoms with Crippen LogP contribution in [-0.4, -0.2) is 10.7 Å². The summed E-state index contributed by atoms with van der Waals surface area (Å²) in [5.74, 6) is 1.69. The van der Waals surface area contributed by atoms with Gasteiger partial charge in [-0.1, -0.05) is 61.2 Å². The molecule has 4 aliphatic rings. The van der Waals surface area contributed by atoms with E-state index in [1.165, 1.54) is 45.5 Å². The van der Waals surface area contributed by atoms with Gasteiger partial charge in [0.25, 0.3) is 0 Å². The molecule has 2 aliphatic carbocycles. The maximum Gasteiger partial charge on any atom is 0.0699 e. The van der Waals surface area contributed by atoms with Crippen molar-refractivity contribution in [2.24, 2.45) is 22.7 Å². The van der Waals surface area contributed by atoms with Crippen LogP contribution in [0.25, 0.3) is 11.1 Å². The number of hydrogen-bond donors (Lipinski definition) is 1. The first-order valence-electron chi connectivity index (χ1n) is 12.4. The molecule has 0 saturated heterocycles. The second-order valence-corrected chi connectivity index (χ2v) is 10.1. The number of allylic oxidation sites excluding steroid dienone is 6. The summed E-state index contributed by atoms with van der Waals surface area (Å²) in [6, 6.07) is 23.7. The molecule has 170 valence electrons. The SMILES string of the molecule is C=C1Nc2ccccc2C1c1ccc(C2=CC(c3ccccn3)=CC2C2=CN=C(C)C3CC23)cc1. The molecule has 0 bridgehead atoms. The minimum Gasteiger partial charge on any atom is -0.358 e. The minimum atomic E-state index is 0.182. The van der Waals surface area contributed by atoms with E-state index in [0.717, 1.165) is 17.1 Å². The molecule has 2 aliphatic heterocycles. The molecular formula is C32H27N3. The van der Waals surface area contributed by atoms with Crippen LogP contribution in [0.5, 0.6) is 0 Å². The summed E-state index contributed by atoms with van der Waals surface area (Å²) in [6.07, 6.45) is 9.96. The summed E-state index contributed by atoms with van der Waals surface area (Å²) < 4.78 is 0. The molecule has 3 heteroatoms. The third kappa shape index (κ3) is 3.34. The highest BCUT2D eigenvalue weighted by molar-refractivity contribution is 5.93. The molecule has 0 radical (unpaired) electrons. The monoisotopic (exact) mass is 453 g/mol. The Kier molecular flexibility index (Phi) is 4.53. The number of pyridine rings is 1. The van der Waals surface area contributed by atoms with Gasteiger partial charge in [0, 0.05) is 41.3 Å². The molecule has 4 atom stereocenters. The number of rotatable bonds is 4. The summed E-state index contributed by atoms with van der Waals surface area (Å²) in [5, 5.41) is 3.46. The highest BCUT2D eigenvalue weighted by Crippen LogP contribution is 2.54. The minimum absolute atomic E-state index is 0.182. The lowest BCUT2D eigenvalue weighted by Crippen LogP contribution is -2.10. The van der Waals surface area contributed by atoms with Gasteiger partial charge in [-0.05, 0) is 76.9 Å². The lowest BCUT2D eigenvalue weighted by molar-refractivity contribution is 0.813. The van der Waals surface area contributed by atoms with E-state index in [1.807, 2.05) is 12.3 Å². The van der Waals surface area contributed by atoms with E-state index in [2.05, 4.69) is 103 Å². The Bertz CT molecular complexity index is 1470. The Balaban J connectivity index is 1.26. The van der Waals surface area contributed by atoms with Crippen LogP contribution >= 0.6 is 0 Å². The van der Waals surface area contributed by atoms with Gasteiger partial charge in [0.2, 0.25) is 0 Å². The van der Waals surface area contributed by atoms with Crippen molar-refractivity contribution in [1.82, 2.24) is 4.98 Å². The predicted molar refractivity (Wildman–Crippen MR) is 144 cm³/mol. The molecule has 1 aromatic heterocycles. The van der Waals surface area contributed by atoms with Gasteiger partial charge < -0.3 is 5.32 Å². The number of benzene rings is 2. The molecule has 3 heterocycles. The van der Waals surface area contributed by atoms with E-state index in [1.54, 1.807) is 0 Å². The number of anilines is 1. The molecule has 3 aromatic rings. The number of hydrogen-bond acceptors (Lipinski definition) is 3. The van der Waals surface area contributed by atoms with E-state index in [0.29, 0.717) is 11.8 Å². The summed E-state index contributed by atoms with van der Waals surface area (Å²) in [5.41, 5.74) is 12.3. The van der Waals surface area contributed by atoms with E-state index >= 15 is 0 Å². The number of nitrogens with zero attached hydrogens (tertiary/aromatic N) is 2. The molecule has 35 heavy (non-hydrogen) atoms.